The third-order valence-corrected chi connectivity index (χ3v) is 4.35. The molecule has 1 aliphatic rings. The van der Waals surface area contributed by atoms with Crippen LogP contribution < -0.4 is 5.32 Å². The maximum absolute atomic E-state index is 3.69. The zero-order chi connectivity index (χ0) is 13.9. The fraction of sp³-hybridized carbons (Fsp3) is 0.368. The molecule has 0 aromatic heterocycles. The monoisotopic (exact) mass is 265 g/mol. The van der Waals surface area contributed by atoms with Crippen LogP contribution >= 0.6 is 0 Å². The van der Waals surface area contributed by atoms with E-state index >= 15 is 0 Å². The van der Waals surface area contributed by atoms with Gasteiger partial charge in [-0.2, -0.15) is 0 Å². The number of aryl methyl sites for hydroxylation is 1. The van der Waals surface area contributed by atoms with E-state index in [4.69, 9.17) is 0 Å². The summed E-state index contributed by atoms with van der Waals surface area (Å²) in [6.45, 7) is 5.41. The molecule has 1 heteroatoms. The van der Waals surface area contributed by atoms with E-state index in [9.17, 15) is 0 Å². The molecule has 0 fully saturated rings. The number of benzene rings is 2. The Bertz CT molecular complexity index is 588. The molecule has 2 unspecified atom stereocenters. The lowest BCUT2D eigenvalue weighted by atomic mass is 9.92. The van der Waals surface area contributed by atoms with Crippen molar-refractivity contribution in [2.45, 2.75) is 32.7 Å². The maximum atomic E-state index is 3.69. The van der Waals surface area contributed by atoms with E-state index in [0.29, 0.717) is 12.0 Å². The van der Waals surface area contributed by atoms with Crippen LogP contribution in [-0.4, -0.2) is 6.54 Å². The van der Waals surface area contributed by atoms with Gasteiger partial charge in [0.1, 0.15) is 0 Å². The molecule has 20 heavy (non-hydrogen) atoms. The van der Waals surface area contributed by atoms with Crippen molar-refractivity contribution in [1.82, 2.24) is 5.32 Å². The number of rotatable bonds is 4. The van der Waals surface area contributed by atoms with Crippen LogP contribution in [0.15, 0.2) is 48.5 Å². The summed E-state index contributed by atoms with van der Waals surface area (Å²) in [4.78, 5) is 0. The van der Waals surface area contributed by atoms with Gasteiger partial charge in [0.15, 0.2) is 0 Å². The van der Waals surface area contributed by atoms with Crippen molar-refractivity contribution in [3.8, 4) is 0 Å². The Morgan fingerprint density at radius 1 is 1.10 bits per heavy atom. The molecule has 0 bridgehead atoms. The van der Waals surface area contributed by atoms with Gasteiger partial charge in [-0.25, -0.2) is 0 Å². The molecule has 2 aromatic rings. The third-order valence-electron chi connectivity index (χ3n) is 4.35. The second-order valence-corrected chi connectivity index (χ2v) is 5.89. The van der Waals surface area contributed by atoms with Crippen molar-refractivity contribution >= 4 is 0 Å². The lowest BCUT2D eigenvalue weighted by Gasteiger charge is -2.21. The molecule has 1 aliphatic carbocycles. The summed E-state index contributed by atoms with van der Waals surface area (Å²) in [5.41, 5.74) is 5.85. The van der Waals surface area contributed by atoms with E-state index in [-0.39, 0.29) is 0 Å². The minimum Gasteiger partial charge on any atom is -0.310 e. The molecular weight excluding hydrogens is 242 g/mol. The summed E-state index contributed by atoms with van der Waals surface area (Å²) in [6.07, 6.45) is 2.36. The first-order valence-corrected chi connectivity index (χ1v) is 7.64. The summed E-state index contributed by atoms with van der Waals surface area (Å²) >= 11 is 0. The van der Waals surface area contributed by atoms with Crippen LogP contribution in [0.3, 0.4) is 0 Å². The molecule has 104 valence electrons. The number of nitrogens with one attached hydrogen (secondary N) is 1. The highest BCUT2D eigenvalue weighted by atomic mass is 14.9. The van der Waals surface area contributed by atoms with E-state index in [1.54, 1.807) is 0 Å². The predicted octanol–water partition coefficient (Wildman–Crippen LogP) is 4.06. The highest BCUT2D eigenvalue weighted by molar-refractivity contribution is 5.37. The molecule has 0 saturated heterocycles. The van der Waals surface area contributed by atoms with Crippen molar-refractivity contribution in [2.24, 2.45) is 5.92 Å². The van der Waals surface area contributed by atoms with Gasteiger partial charge in [0.05, 0.1) is 0 Å². The summed E-state index contributed by atoms with van der Waals surface area (Å²) in [5.74, 6) is 0.675. The van der Waals surface area contributed by atoms with Gasteiger partial charge >= 0.3 is 0 Å². The molecule has 0 radical (unpaired) electrons. The first-order chi connectivity index (χ1) is 9.78. The molecular formula is C19H23N. The second kappa shape index (κ2) is 5.80. The van der Waals surface area contributed by atoms with Gasteiger partial charge in [0.25, 0.3) is 0 Å². The van der Waals surface area contributed by atoms with Crippen LogP contribution in [0, 0.1) is 12.8 Å². The minimum absolute atomic E-state index is 0.511. The first kappa shape index (κ1) is 13.4. The number of hydrogen-bond acceptors (Lipinski definition) is 1. The average Bonchev–Trinajstić information content (AvgIpc) is 2.77. The lowest BCUT2D eigenvalue weighted by molar-refractivity contribution is 0.394. The first-order valence-electron chi connectivity index (χ1n) is 7.64. The highest BCUT2D eigenvalue weighted by Crippen LogP contribution is 2.37. The topological polar surface area (TPSA) is 12.0 Å². The van der Waals surface area contributed by atoms with Crippen LogP contribution in [0.25, 0.3) is 0 Å². The Hall–Kier alpha value is -1.60. The van der Waals surface area contributed by atoms with Gasteiger partial charge in [0, 0.05) is 6.04 Å². The van der Waals surface area contributed by atoms with E-state index in [1.807, 2.05) is 0 Å². The number of fused-ring (bicyclic) bond motifs is 1. The summed E-state index contributed by atoms with van der Waals surface area (Å²) < 4.78 is 0. The van der Waals surface area contributed by atoms with Crippen LogP contribution in [0.1, 0.15) is 35.2 Å². The van der Waals surface area contributed by atoms with Crippen LogP contribution in [-0.2, 0) is 12.8 Å². The fourth-order valence-corrected chi connectivity index (χ4v) is 3.51. The minimum atomic E-state index is 0.511. The molecule has 0 heterocycles. The van der Waals surface area contributed by atoms with Gasteiger partial charge in [0.2, 0.25) is 0 Å². The van der Waals surface area contributed by atoms with Crippen LogP contribution in [0.2, 0.25) is 0 Å². The fourth-order valence-electron chi connectivity index (χ4n) is 3.51. The Kier molecular flexibility index (Phi) is 3.88. The normalized spacial score (nSPS) is 20.9. The molecule has 0 spiro atoms. The van der Waals surface area contributed by atoms with E-state index < -0.39 is 0 Å². The molecule has 1 N–H and O–H groups in total. The van der Waals surface area contributed by atoms with Gasteiger partial charge in [-0.3, -0.25) is 0 Å². The van der Waals surface area contributed by atoms with Crippen LogP contribution in [0.4, 0.5) is 0 Å². The summed E-state index contributed by atoms with van der Waals surface area (Å²) in [5, 5.41) is 3.69. The predicted molar refractivity (Wildman–Crippen MR) is 84.9 cm³/mol. The largest absolute Gasteiger partial charge is 0.310 e. The molecule has 3 rings (SSSR count). The van der Waals surface area contributed by atoms with E-state index in [1.165, 1.54) is 28.7 Å². The molecule has 2 aromatic carbocycles. The molecule has 0 amide bonds. The average molecular weight is 265 g/mol. The molecule has 0 aliphatic heterocycles. The molecule has 1 nitrogen and oxygen atoms in total. The lowest BCUT2D eigenvalue weighted by Crippen LogP contribution is -2.26. The van der Waals surface area contributed by atoms with E-state index in [0.717, 1.165) is 13.0 Å². The van der Waals surface area contributed by atoms with Crippen molar-refractivity contribution in [3.63, 3.8) is 0 Å². The zero-order valence-electron chi connectivity index (χ0n) is 12.4. The SMILES string of the molecule is CCNC1c2ccccc2CC1Cc1cccc(C)c1. The van der Waals surface area contributed by atoms with Gasteiger partial charge in [-0.05, 0) is 48.9 Å². The Balaban J connectivity index is 1.83. The Morgan fingerprint density at radius 2 is 1.95 bits per heavy atom. The Labute approximate surface area is 122 Å². The summed E-state index contributed by atoms with van der Waals surface area (Å²) in [7, 11) is 0. The maximum Gasteiger partial charge on any atom is 0.0357 e. The molecule has 0 saturated carbocycles. The third kappa shape index (κ3) is 2.64. The quantitative estimate of drug-likeness (QED) is 0.879. The smallest absolute Gasteiger partial charge is 0.0357 e. The van der Waals surface area contributed by atoms with Gasteiger partial charge in [-0.1, -0.05) is 61.0 Å². The Morgan fingerprint density at radius 3 is 2.75 bits per heavy atom. The summed E-state index contributed by atoms with van der Waals surface area (Å²) in [6, 6.07) is 18.4. The zero-order valence-corrected chi connectivity index (χ0v) is 12.4. The van der Waals surface area contributed by atoms with Crippen molar-refractivity contribution in [3.05, 3.63) is 70.8 Å². The van der Waals surface area contributed by atoms with Gasteiger partial charge in [-0.15, -0.1) is 0 Å². The van der Waals surface area contributed by atoms with Crippen LogP contribution in [0.5, 0.6) is 0 Å². The van der Waals surface area contributed by atoms with Crippen molar-refractivity contribution in [2.75, 3.05) is 6.54 Å². The standard InChI is InChI=1S/C19H23N/c1-3-20-19-17(12-15-8-6-7-14(2)11-15)13-16-9-4-5-10-18(16)19/h4-11,17,19-20H,3,12-13H2,1-2H3. The highest BCUT2D eigenvalue weighted by Gasteiger charge is 2.31. The number of hydrogen-bond donors (Lipinski definition) is 1. The molecule has 2 atom stereocenters. The second-order valence-electron chi connectivity index (χ2n) is 5.89. The van der Waals surface area contributed by atoms with Crippen molar-refractivity contribution < 1.29 is 0 Å². The van der Waals surface area contributed by atoms with Gasteiger partial charge < -0.3 is 5.32 Å². The van der Waals surface area contributed by atoms with E-state index in [2.05, 4.69) is 67.7 Å². The van der Waals surface area contributed by atoms with Crippen molar-refractivity contribution in [1.29, 1.82) is 0 Å².